The minimum absolute atomic E-state index is 0.0896. The van der Waals surface area contributed by atoms with Gasteiger partial charge in [-0.3, -0.25) is 0 Å². The summed E-state index contributed by atoms with van der Waals surface area (Å²) in [7, 11) is 0. The van der Waals surface area contributed by atoms with Crippen LogP contribution < -0.4 is 0 Å². The molecule has 0 fully saturated rings. The fraction of sp³-hybridized carbons (Fsp3) is 0.333. The molecule has 0 saturated heterocycles. The van der Waals surface area contributed by atoms with Gasteiger partial charge in [-0.15, -0.1) is 0 Å². The highest BCUT2D eigenvalue weighted by Crippen LogP contribution is 2.57. The molecule has 1 atom stereocenters. The van der Waals surface area contributed by atoms with Gasteiger partial charge in [0.1, 0.15) is 0 Å². The summed E-state index contributed by atoms with van der Waals surface area (Å²) >= 11 is 0. The van der Waals surface area contributed by atoms with E-state index in [9.17, 15) is 0 Å². The third kappa shape index (κ3) is 1.86. The minimum Gasteiger partial charge on any atom is -0.0798 e. The molecule has 0 bridgehead atoms. The molecule has 0 amide bonds. The van der Waals surface area contributed by atoms with Crippen LogP contribution in [0.5, 0.6) is 0 Å². The molecule has 1 unspecified atom stereocenters. The third-order valence-corrected chi connectivity index (χ3v) is 6.34. The first kappa shape index (κ1) is 14.3. The van der Waals surface area contributed by atoms with Crippen molar-refractivity contribution in [2.75, 3.05) is 0 Å². The predicted molar refractivity (Wildman–Crippen MR) is 101 cm³/mol. The Morgan fingerprint density at radius 3 is 2.33 bits per heavy atom. The lowest BCUT2D eigenvalue weighted by Crippen LogP contribution is -2.37. The van der Waals surface area contributed by atoms with E-state index in [0.29, 0.717) is 0 Å². The van der Waals surface area contributed by atoms with E-state index in [2.05, 4.69) is 60.7 Å². The fourth-order valence-electron chi connectivity index (χ4n) is 5.38. The molecule has 3 aliphatic rings. The van der Waals surface area contributed by atoms with Crippen molar-refractivity contribution in [3.8, 4) is 0 Å². The number of hydrogen-bond donors (Lipinski definition) is 0. The Hall–Kier alpha value is -2.08. The quantitative estimate of drug-likeness (QED) is 0.569. The minimum atomic E-state index is 0.0896. The topological polar surface area (TPSA) is 0 Å². The van der Waals surface area contributed by atoms with E-state index in [1.165, 1.54) is 56.1 Å². The van der Waals surface area contributed by atoms with E-state index in [1.54, 1.807) is 22.3 Å². The van der Waals surface area contributed by atoms with Crippen LogP contribution in [0.1, 0.15) is 61.6 Å². The number of hydrogen-bond acceptors (Lipinski definition) is 0. The predicted octanol–water partition coefficient (Wildman–Crippen LogP) is 6.42. The molecule has 2 aromatic carbocycles. The van der Waals surface area contributed by atoms with Gasteiger partial charge in [0.2, 0.25) is 0 Å². The second-order valence-corrected chi connectivity index (χ2v) is 7.49. The first-order valence-electron chi connectivity index (χ1n) is 9.50. The fourth-order valence-corrected chi connectivity index (χ4v) is 5.38. The Kier molecular flexibility index (Phi) is 3.26. The lowest BCUT2D eigenvalue weighted by molar-refractivity contribution is 0.489. The van der Waals surface area contributed by atoms with Crippen molar-refractivity contribution in [2.24, 2.45) is 0 Å². The van der Waals surface area contributed by atoms with Crippen molar-refractivity contribution in [1.29, 1.82) is 0 Å². The third-order valence-electron chi connectivity index (χ3n) is 6.34. The molecular weight excluding hydrogens is 288 g/mol. The van der Waals surface area contributed by atoms with Gasteiger partial charge in [0.05, 0.1) is 0 Å². The summed E-state index contributed by atoms with van der Waals surface area (Å²) in [6, 6.07) is 20.5. The lowest BCUT2D eigenvalue weighted by Gasteiger charge is -2.47. The van der Waals surface area contributed by atoms with E-state index >= 15 is 0 Å². The summed E-state index contributed by atoms with van der Waals surface area (Å²) in [6.07, 6.45) is 11.6. The smallest absolute Gasteiger partial charge is 0.0457 e. The molecule has 0 heterocycles. The molecule has 24 heavy (non-hydrogen) atoms. The molecule has 0 aliphatic heterocycles. The van der Waals surface area contributed by atoms with Gasteiger partial charge in [-0.25, -0.2) is 0 Å². The summed E-state index contributed by atoms with van der Waals surface area (Å²) in [5.41, 5.74) is 9.65. The lowest BCUT2D eigenvalue weighted by atomic mass is 9.56. The highest BCUT2D eigenvalue weighted by Gasteiger charge is 2.45. The Morgan fingerprint density at radius 1 is 0.708 bits per heavy atom. The van der Waals surface area contributed by atoms with Crippen LogP contribution >= 0.6 is 0 Å². The van der Waals surface area contributed by atoms with Gasteiger partial charge in [0.25, 0.3) is 0 Å². The van der Waals surface area contributed by atoms with Crippen molar-refractivity contribution in [3.63, 3.8) is 0 Å². The van der Waals surface area contributed by atoms with Crippen molar-refractivity contribution < 1.29 is 0 Å². The van der Waals surface area contributed by atoms with Crippen molar-refractivity contribution >= 4 is 5.57 Å². The average Bonchev–Trinajstić information content (AvgIpc) is 2.69. The maximum atomic E-state index is 2.58. The molecule has 0 saturated carbocycles. The largest absolute Gasteiger partial charge is 0.0798 e. The second kappa shape index (κ2) is 5.48. The van der Waals surface area contributed by atoms with Gasteiger partial charge >= 0.3 is 0 Å². The molecule has 0 N–H and O–H groups in total. The van der Waals surface area contributed by atoms with Crippen molar-refractivity contribution in [3.05, 3.63) is 88.5 Å². The Balaban J connectivity index is 1.87. The summed E-state index contributed by atoms with van der Waals surface area (Å²) in [6.45, 7) is 0. The number of rotatable bonds is 1. The summed E-state index contributed by atoms with van der Waals surface area (Å²) in [5, 5.41) is 0. The van der Waals surface area contributed by atoms with Crippen LogP contribution in [0.4, 0.5) is 0 Å². The monoisotopic (exact) mass is 312 g/mol. The van der Waals surface area contributed by atoms with Gasteiger partial charge < -0.3 is 0 Å². The Bertz CT molecular complexity index is 837. The van der Waals surface area contributed by atoms with Crippen LogP contribution in [0, 0.1) is 0 Å². The zero-order valence-corrected chi connectivity index (χ0v) is 14.2. The summed E-state index contributed by atoms with van der Waals surface area (Å²) in [5.74, 6) is 0. The average molecular weight is 312 g/mol. The van der Waals surface area contributed by atoms with Gasteiger partial charge in [0, 0.05) is 5.41 Å². The molecular formula is C24H24. The maximum Gasteiger partial charge on any atom is 0.0457 e. The first-order valence-corrected chi connectivity index (χ1v) is 9.50. The van der Waals surface area contributed by atoms with E-state index < -0.39 is 0 Å². The standard InChI is InChI=1S/C24H24/c1-2-10-18(11-3-1)24-17-9-8-16-23(24)20-13-5-4-12-19(20)21-14-6-7-15-22(21)24/h1-3,6-7,10-11,14-16H,4-5,8-9,12-13,17H2. The Labute approximate surface area is 144 Å². The molecule has 0 heteroatoms. The first-order chi connectivity index (χ1) is 11.9. The van der Waals surface area contributed by atoms with Gasteiger partial charge in [-0.1, -0.05) is 60.7 Å². The molecule has 120 valence electrons. The van der Waals surface area contributed by atoms with Crippen LogP contribution in [0.3, 0.4) is 0 Å². The number of allylic oxidation sites excluding steroid dienone is 4. The van der Waals surface area contributed by atoms with E-state index in [1.807, 2.05) is 0 Å². The number of benzene rings is 2. The van der Waals surface area contributed by atoms with E-state index in [0.717, 1.165) is 0 Å². The molecule has 0 aromatic heterocycles. The van der Waals surface area contributed by atoms with Gasteiger partial charge in [0.15, 0.2) is 0 Å². The maximum absolute atomic E-state index is 2.58. The van der Waals surface area contributed by atoms with Crippen molar-refractivity contribution in [2.45, 2.75) is 50.4 Å². The zero-order chi connectivity index (χ0) is 16.0. The van der Waals surface area contributed by atoms with Crippen LogP contribution in [-0.2, 0) is 5.41 Å². The molecule has 2 aromatic rings. The van der Waals surface area contributed by atoms with Crippen LogP contribution in [0.15, 0.2) is 71.8 Å². The van der Waals surface area contributed by atoms with Crippen LogP contribution in [-0.4, -0.2) is 0 Å². The zero-order valence-electron chi connectivity index (χ0n) is 14.2. The molecule has 5 rings (SSSR count). The SMILES string of the molecule is C1=C2C3=C(CCCC3)c3ccccc3C2(c2ccccc2)CCC1. The van der Waals surface area contributed by atoms with E-state index in [-0.39, 0.29) is 5.41 Å². The van der Waals surface area contributed by atoms with Crippen LogP contribution in [0.2, 0.25) is 0 Å². The van der Waals surface area contributed by atoms with Gasteiger partial charge in [-0.05, 0) is 78.4 Å². The highest BCUT2D eigenvalue weighted by atomic mass is 14.5. The molecule has 0 nitrogen and oxygen atoms in total. The summed E-state index contributed by atoms with van der Waals surface area (Å²) in [4.78, 5) is 0. The van der Waals surface area contributed by atoms with Crippen LogP contribution in [0.25, 0.3) is 5.57 Å². The van der Waals surface area contributed by atoms with E-state index in [4.69, 9.17) is 0 Å². The molecule has 3 aliphatic carbocycles. The molecule has 0 spiro atoms. The summed E-state index contributed by atoms with van der Waals surface area (Å²) < 4.78 is 0. The normalized spacial score (nSPS) is 25.4. The van der Waals surface area contributed by atoms with Gasteiger partial charge in [-0.2, -0.15) is 0 Å². The van der Waals surface area contributed by atoms with Crippen molar-refractivity contribution in [1.82, 2.24) is 0 Å². The second-order valence-electron chi connectivity index (χ2n) is 7.49. The Morgan fingerprint density at radius 2 is 1.46 bits per heavy atom. The highest BCUT2D eigenvalue weighted by molar-refractivity contribution is 5.83. The molecule has 0 radical (unpaired) electrons. The number of fused-ring (bicyclic) bond motifs is 5.